The van der Waals surface area contributed by atoms with Crippen molar-refractivity contribution in [3.05, 3.63) is 0 Å². The van der Waals surface area contributed by atoms with E-state index >= 15 is 0 Å². The number of hydrogen-bond acceptors (Lipinski definition) is 0. The molecule has 0 fully saturated rings. The van der Waals surface area contributed by atoms with Crippen molar-refractivity contribution in [1.29, 1.82) is 0 Å². The lowest BCUT2D eigenvalue weighted by Gasteiger charge is -2.43. The first-order chi connectivity index (χ1) is 4.37. The Morgan fingerprint density at radius 3 is 1.30 bits per heavy atom. The molecule has 0 saturated heterocycles. The van der Waals surface area contributed by atoms with E-state index in [1.807, 2.05) is 0 Å². The lowest BCUT2D eigenvalue weighted by atomic mass is 9.92. The van der Waals surface area contributed by atoms with Crippen molar-refractivity contribution in [2.24, 2.45) is 0 Å². The Morgan fingerprint density at radius 1 is 1.00 bits per heavy atom. The molecule has 0 aliphatic carbocycles. The quantitative estimate of drug-likeness (QED) is 0.533. The third-order valence-corrected chi connectivity index (χ3v) is 3.14. The van der Waals surface area contributed by atoms with Crippen LogP contribution in [-0.2, 0) is 0 Å². The Labute approximate surface area is 65.6 Å². The van der Waals surface area contributed by atoms with E-state index in [1.165, 1.54) is 12.8 Å². The van der Waals surface area contributed by atoms with E-state index in [4.69, 9.17) is 0 Å². The minimum atomic E-state index is 0.458. The molecule has 0 aromatic rings. The molecule has 0 spiro atoms. The van der Waals surface area contributed by atoms with E-state index in [-0.39, 0.29) is 0 Å². The van der Waals surface area contributed by atoms with E-state index in [0.29, 0.717) is 5.54 Å². The van der Waals surface area contributed by atoms with Crippen molar-refractivity contribution in [3.8, 4) is 0 Å². The van der Waals surface area contributed by atoms with Crippen molar-refractivity contribution in [3.63, 3.8) is 0 Å². The second kappa shape index (κ2) is 2.91. The number of nitrogens with zero attached hydrogens (tertiary/aromatic N) is 1. The summed E-state index contributed by atoms with van der Waals surface area (Å²) in [4.78, 5) is 0. The first kappa shape index (κ1) is 9.96. The van der Waals surface area contributed by atoms with E-state index in [1.54, 1.807) is 0 Å². The van der Waals surface area contributed by atoms with E-state index in [9.17, 15) is 0 Å². The molecular formula is C9H22N+. The van der Waals surface area contributed by atoms with Gasteiger partial charge in [0.2, 0.25) is 0 Å². The first-order valence-electron chi connectivity index (χ1n) is 4.19. The summed E-state index contributed by atoms with van der Waals surface area (Å²) in [5.74, 6) is 0. The number of rotatable bonds is 3. The lowest BCUT2D eigenvalue weighted by Crippen LogP contribution is -2.54. The molecule has 0 aliphatic rings. The van der Waals surface area contributed by atoms with Gasteiger partial charge in [0.05, 0.1) is 26.7 Å². The third-order valence-electron chi connectivity index (χ3n) is 3.14. The van der Waals surface area contributed by atoms with Crippen LogP contribution >= 0.6 is 0 Å². The van der Waals surface area contributed by atoms with Gasteiger partial charge in [-0.25, -0.2) is 0 Å². The highest BCUT2D eigenvalue weighted by atomic mass is 15.3. The Bertz CT molecular complexity index is 95.8. The first-order valence-corrected chi connectivity index (χ1v) is 4.19. The zero-order chi connectivity index (χ0) is 8.41. The SMILES string of the molecule is CCC(C)(CC)[N+](C)(C)C. The molecule has 0 rings (SSSR count). The summed E-state index contributed by atoms with van der Waals surface area (Å²) in [5, 5.41) is 0. The van der Waals surface area contributed by atoms with Crippen LogP contribution in [0.2, 0.25) is 0 Å². The van der Waals surface area contributed by atoms with Gasteiger partial charge in [0.1, 0.15) is 0 Å². The molecule has 0 aromatic carbocycles. The van der Waals surface area contributed by atoms with Crippen LogP contribution in [0.5, 0.6) is 0 Å². The van der Waals surface area contributed by atoms with Crippen LogP contribution < -0.4 is 0 Å². The van der Waals surface area contributed by atoms with Crippen molar-refractivity contribution < 1.29 is 4.48 Å². The van der Waals surface area contributed by atoms with Gasteiger partial charge in [-0.05, 0) is 19.8 Å². The Balaban J connectivity index is 4.33. The zero-order valence-electron chi connectivity index (χ0n) is 8.36. The Morgan fingerprint density at radius 2 is 1.30 bits per heavy atom. The average molecular weight is 144 g/mol. The fraction of sp³-hybridized carbons (Fsp3) is 1.00. The largest absolute Gasteiger partial charge is 0.326 e. The van der Waals surface area contributed by atoms with Gasteiger partial charge in [0.15, 0.2) is 0 Å². The van der Waals surface area contributed by atoms with Crippen molar-refractivity contribution >= 4 is 0 Å². The average Bonchev–Trinajstić information content (AvgIpc) is 1.84. The molecule has 0 N–H and O–H groups in total. The maximum Gasteiger partial charge on any atom is 0.0952 e. The molecule has 0 aromatic heterocycles. The van der Waals surface area contributed by atoms with Crippen LogP contribution in [0.15, 0.2) is 0 Å². The maximum absolute atomic E-state index is 2.35. The van der Waals surface area contributed by atoms with E-state index in [0.717, 1.165) is 4.48 Å². The predicted octanol–water partition coefficient (Wildman–Crippen LogP) is 2.27. The molecule has 0 bridgehead atoms. The molecule has 0 heterocycles. The third kappa shape index (κ3) is 1.72. The van der Waals surface area contributed by atoms with Gasteiger partial charge in [-0.15, -0.1) is 0 Å². The van der Waals surface area contributed by atoms with Crippen molar-refractivity contribution in [1.82, 2.24) is 0 Å². The summed E-state index contributed by atoms with van der Waals surface area (Å²) in [6.45, 7) is 6.90. The van der Waals surface area contributed by atoms with Gasteiger partial charge in [0.25, 0.3) is 0 Å². The normalized spacial score (nSPS) is 13.8. The van der Waals surface area contributed by atoms with Gasteiger partial charge in [0, 0.05) is 0 Å². The monoisotopic (exact) mass is 144 g/mol. The highest BCUT2D eigenvalue weighted by Gasteiger charge is 2.33. The van der Waals surface area contributed by atoms with Gasteiger partial charge in [-0.2, -0.15) is 0 Å². The zero-order valence-corrected chi connectivity index (χ0v) is 8.36. The minimum absolute atomic E-state index is 0.458. The molecule has 1 heteroatoms. The molecule has 10 heavy (non-hydrogen) atoms. The summed E-state index contributed by atoms with van der Waals surface area (Å²) in [6.07, 6.45) is 2.51. The fourth-order valence-corrected chi connectivity index (χ4v) is 1.20. The van der Waals surface area contributed by atoms with Crippen LogP contribution in [0.3, 0.4) is 0 Å². The molecule has 0 atom stereocenters. The highest BCUT2D eigenvalue weighted by Crippen LogP contribution is 2.25. The molecule has 0 aliphatic heterocycles. The summed E-state index contributed by atoms with van der Waals surface area (Å²) in [5.41, 5.74) is 0.458. The second-order valence-electron chi connectivity index (χ2n) is 4.22. The molecule has 62 valence electrons. The minimum Gasteiger partial charge on any atom is -0.326 e. The summed E-state index contributed by atoms with van der Waals surface area (Å²) >= 11 is 0. The fourth-order valence-electron chi connectivity index (χ4n) is 1.20. The molecule has 1 nitrogen and oxygen atoms in total. The molecule has 0 amide bonds. The maximum atomic E-state index is 2.35. The van der Waals surface area contributed by atoms with Gasteiger partial charge >= 0.3 is 0 Å². The van der Waals surface area contributed by atoms with Gasteiger partial charge in [-0.1, -0.05) is 13.8 Å². The van der Waals surface area contributed by atoms with Crippen LogP contribution in [0.4, 0.5) is 0 Å². The van der Waals surface area contributed by atoms with Crippen LogP contribution in [0.1, 0.15) is 33.6 Å². The smallest absolute Gasteiger partial charge is 0.0952 e. The summed E-state index contributed by atoms with van der Waals surface area (Å²) in [6, 6.07) is 0. The topological polar surface area (TPSA) is 0 Å². The molecule has 0 saturated carbocycles. The highest BCUT2D eigenvalue weighted by molar-refractivity contribution is 4.69. The van der Waals surface area contributed by atoms with Crippen molar-refractivity contribution in [2.45, 2.75) is 39.2 Å². The predicted molar refractivity (Wildman–Crippen MR) is 47.0 cm³/mol. The summed E-state index contributed by atoms with van der Waals surface area (Å²) < 4.78 is 1.07. The Kier molecular flexibility index (Phi) is 2.90. The lowest BCUT2D eigenvalue weighted by molar-refractivity contribution is -0.922. The number of quaternary nitrogens is 1. The van der Waals surface area contributed by atoms with Crippen LogP contribution in [0.25, 0.3) is 0 Å². The van der Waals surface area contributed by atoms with Crippen LogP contribution in [-0.4, -0.2) is 31.2 Å². The van der Waals surface area contributed by atoms with Gasteiger partial charge in [-0.3, -0.25) is 0 Å². The number of hydrogen-bond donors (Lipinski definition) is 0. The van der Waals surface area contributed by atoms with Gasteiger partial charge < -0.3 is 4.48 Å². The molecule has 0 unspecified atom stereocenters. The second-order valence-corrected chi connectivity index (χ2v) is 4.22. The summed E-state index contributed by atoms with van der Waals surface area (Å²) in [7, 11) is 6.81. The standard InChI is InChI=1S/C9H22N/c1-7-9(3,8-2)10(4,5)6/h7-8H2,1-6H3/q+1. The Hall–Kier alpha value is -0.0400. The van der Waals surface area contributed by atoms with Crippen molar-refractivity contribution in [2.75, 3.05) is 21.1 Å². The van der Waals surface area contributed by atoms with E-state index in [2.05, 4.69) is 41.9 Å². The van der Waals surface area contributed by atoms with E-state index < -0.39 is 0 Å². The molecular weight excluding hydrogens is 122 g/mol. The van der Waals surface area contributed by atoms with Crippen LogP contribution in [0, 0.1) is 0 Å². The molecule has 0 radical (unpaired) electrons.